The highest BCUT2D eigenvalue weighted by Gasteiger charge is 2.23. The molecule has 0 aliphatic rings. The van der Waals surface area contributed by atoms with Crippen molar-refractivity contribution in [2.45, 2.75) is 39.3 Å². The van der Waals surface area contributed by atoms with Crippen molar-refractivity contribution in [3.05, 3.63) is 12.2 Å². The molecule has 2 atom stereocenters. The van der Waals surface area contributed by atoms with Gasteiger partial charge in [0.05, 0.1) is 6.04 Å². The predicted octanol–water partition coefficient (Wildman–Crippen LogP) is 2.40. The minimum atomic E-state index is -0.630. The molecule has 15 heavy (non-hydrogen) atoms. The van der Waals surface area contributed by atoms with Crippen LogP contribution < -0.4 is 0 Å². The van der Waals surface area contributed by atoms with Crippen LogP contribution in [0.25, 0.3) is 0 Å². The van der Waals surface area contributed by atoms with E-state index in [0.717, 1.165) is 13.1 Å². The van der Waals surface area contributed by atoms with Crippen molar-refractivity contribution in [3.63, 3.8) is 0 Å². The first kappa shape index (κ1) is 14.5. The maximum atomic E-state index is 11.2. The van der Waals surface area contributed by atoms with E-state index in [9.17, 15) is 4.79 Å². The molecule has 0 aromatic carbocycles. The average Bonchev–Trinajstić information content (AvgIpc) is 2.19. The lowest BCUT2D eigenvalue weighted by atomic mass is 10.3. The van der Waals surface area contributed by atoms with Crippen molar-refractivity contribution in [2.24, 2.45) is 0 Å². The number of hydrogen-bond donors (Lipinski definition) is 0. The number of likely N-dealkylation sites (N-methyl/N-ethyl adjacent to an activating group) is 1. The summed E-state index contributed by atoms with van der Waals surface area (Å²) in [5.41, 5.74) is -0.263. The third-order valence-corrected chi connectivity index (χ3v) is 2.79. The Balaban J connectivity index is 4.25. The monoisotopic (exact) mass is 233 g/mol. The Labute approximate surface area is 97.0 Å². The van der Waals surface area contributed by atoms with Gasteiger partial charge in [-0.1, -0.05) is 32.0 Å². The molecular weight excluding hydrogens is 214 g/mol. The summed E-state index contributed by atoms with van der Waals surface area (Å²) in [6, 6.07) is 0.00460. The fourth-order valence-corrected chi connectivity index (χ4v) is 1.51. The fraction of sp³-hybridized carbons (Fsp3) is 0.727. The van der Waals surface area contributed by atoms with Crippen molar-refractivity contribution in [2.75, 3.05) is 13.1 Å². The van der Waals surface area contributed by atoms with Crippen LogP contribution in [0, 0.1) is 0 Å². The summed E-state index contributed by atoms with van der Waals surface area (Å²) in [7, 11) is 0. The van der Waals surface area contributed by atoms with Gasteiger partial charge in [-0.3, -0.25) is 4.90 Å². The van der Waals surface area contributed by atoms with E-state index in [2.05, 4.69) is 11.5 Å². The molecule has 3 nitrogen and oxygen atoms in total. The lowest BCUT2D eigenvalue weighted by molar-refractivity contribution is -0.142. The van der Waals surface area contributed by atoms with E-state index in [0.29, 0.717) is 5.57 Å². The zero-order valence-electron chi connectivity index (χ0n) is 9.92. The van der Waals surface area contributed by atoms with Gasteiger partial charge in [-0.15, -0.1) is 0 Å². The molecule has 0 heterocycles. The van der Waals surface area contributed by atoms with Gasteiger partial charge in [0.25, 0.3) is 0 Å². The Hall–Kier alpha value is -0.540. The third-order valence-electron chi connectivity index (χ3n) is 2.34. The van der Waals surface area contributed by atoms with E-state index < -0.39 is 11.5 Å². The highest BCUT2D eigenvalue weighted by molar-refractivity contribution is 6.20. The normalized spacial score (nSPS) is 14.8. The first-order valence-corrected chi connectivity index (χ1v) is 5.62. The number of esters is 1. The van der Waals surface area contributed by atoms with Crippen molar-refractivity contribution in [1.29, 1.82) is 0 Å². The van der Waals surface area contributed by atoms with Crippen LogP contribution in [0.3, 0.4) is 0 Å². The maximum absolute atomic E-state index is 11.2. The van der Waals surface area contributed by atoms with Crippen LogP contribution in [0.5, 0.6) is 0 Å². The molecule has 4 heteroatoms. The van der Waals surface area contributed by atoms with E-state index in [1.807, 2.05) is 20.8 Å². The van der Waals surface area contributed by atoms with Crippen LogP contribution in [0.1, 0.15) is 27.7 Å². The van der Waals surface area contributed by atoms with Crippen LogP contribution in [-0.4, -0.2) is 35.6 Å². The largest absolute Gasteiger partial charge is 0.441 e. The molecule has 0 saturated carbocycles. The van der Waals surface area contributed by atoms with Crippen LogP contribution in [0.15, 0.2) is 12.2 Å². The zero-order valence-corrected chi connectivity index (χ0v) is 10.7. The second-order valence-corrected chi connectivity index (χ2v) is 3.93. The van der Waals surface area contributed by atoms with E-state index in [4.69, 9.17) is 16.3 Å². The Morgan fingerprint density at radius 2 is 1.93 bits per heavy atom. The molecule has 0 bridgehead atoms. The summed E-state index contributed by atoms with van der Waals surface area (Å²) in [5.74, 6) is -0.436. The second kappa shape index (κ2) is 6.85. The van der Waals surface area contributed by atoms with Gasteiger partial charge in [-0.25, -0.2) is 4.79 Å². The summed E-state index contributed by atoms with van der Waals surface area (Å²) in [6.45, 7) is 12.9. The average molecular weight is 234 g/mol. The maximum Gasteiger partial charge on any atom is 0.334 e. The fourth-order valence-electron chi connectivity index (χ4n) is 1.27. The smallest absolute Gasteiger partial charge is 0.334 e. The minimum absolute atomic E-state index is 0.00460. The van der Waals surface area contributed by atoms with E-state index in [-0.39, 0.29) is 6.04 Å². The quantitative estimate of drug-likeness (QED) is 0.401. The second-order valence-electron chi connectivity index (χ2n) is 3.50. The van der Waals surface area contributed by atoms with Gasteiger partial charge in [-0.05, 0) is 26.9 Å². The van der Waals surface area contributed by atoms with Gasteiger partial charge in [0.15, 0.2) is 5.56 Å². The summed E-state index contributed by atoms with van der Waals surface area (Å²) < 4.78 is 5.04. The third kappa shape index (κ3) is 4.67. The van der Waals surface area contributed by atoms with Crippen molar-refractivity contribution in [1.82, 2.24) is 4.90 Å². The van der Waals surface area contributed by atoms with Gasteiger partial charge in [0.2, 0.25) is 0 Å². The van der Waals surface area contributed by atoms with Crippen LogP contribution in [-0.2, 0) is 9.53 Å². The minimum Gasteiger partial charge on any atom is -0.441 e. The molecule has 88 valence electrons. The molecule has 0 amide bonds. The number of nitrogens with zero attached hydrogens (tertiary/aromatic N) is 1. The highest BCUT2D eigenvalue weighted by atomic mass is 35.5. The molecule has 0 aliphatic carbocycles. The van der Waals surface area contributed by atoms with Gasteiger partial charge >= 0.3 is 5.97 Å². The standard InChI is InChI=1S/C11H20ClNO2/c1-6-13(7-2)9(5)10(12)15-11(14)8(3)4/h9-10H,3,6-7H2,1-2,4-5H3. The topological polar surface area (TPSA) is 29.5 Å². The Bertz CT molecular complexity index is 227. The van der Waals surface area contributed by atoms with Crippen LogP contribution in [0.2, 0.25) is 0 Å². The first-order valence-electron chi connectivity index (χ1n) is 5.18. The van der Waals surface area contributed by atoms with Crippen LogP contribution in [0.4, 0.5) is 0 Å². The molecule has 0 aliphatic heterocycles. The number of carbonyl (C=O) groups excluding carboxylic acids is 1. The van der Waals surface area contributed by atoms with Gasteiger partial charge in [-0.2, -0.15) is 0 Å². The van der Waals surface area contributed by atoms with E-state index in [1.165, 1.54) is 0 Å². The number of ether oxygens (including phenoxy) is 1. The van der Waals surface area contributed by atoms with Gasteiger partial charge in [0, 0.05) is 5.57 Å². The summed E-state index contributed by atoms with van der Waals surface area (Å²) in [5, 5.41) is 0. The molecule has 0 rings (SSSR count). The lowest BCUT2D eigenvalue weighted by Gasteiger charge is -2.29. The molecule has 2 unspecified atom stereocenters. The number of rotatable bonds is 6. The molecule has 0 N–H and O–H groups in total. The Morgan fingerprint density at radius 1 is 1.47 bits per heavy atom. The van der Waals surface area contributed by atoms with Crippen molar-refractivity contribution in [3.8, 4) is 0 Å². The zero-order chi connectivity index (χ0) is 12.0. The van der Waals surface area contributed by atoms with Gasteiger partial charge in [0.1, 0.15) is 0 Å². The SMILES string of the molecule is C=C(C)C(=O)OC(Cl)C(C)N(CC)CC. The summed E-state index contributed by atoms with van der Waals surface area (Å²) >= 11 is 6.00. The van der Waals surface area contributed by atoms with Crippen molar-refractivity contribution < 1.29 is 9.53 Å². The first-order chi connectivity index (χ1) is 6.93. The number of hydrogen-bond acceptors (Lipinski definition) is 3. The number of halogens is 1. The molecule has 0 aromatic heterocycles. The highest BCUT2D eigenvalue weighted by Crippen LogP contribution is 2.13. The van der Waals surface area contributed by atoms with Gasteiger partial charge < -0.3 is 4.74 Å². The Morgan fingerprint density at radius 3 is 2.27 bits per heavy atom. The van der Waals surface area contributed by atoms with Crippen molar-refractivity contribution >= 4 is 17.6 Å². The number of carbonyl (C=O) groups is 1. The molecule has 0 fully saturated rings. The van der Waals surface area contributed by atoms with E-state index in [1.54, 1.807) is 6.92 Å². The number of alkyl halides is 1. The van der Waals surface area contributed by atoms with E-state index >= 15 is 0 Å². The molecule has 0 aromatic rings. The Kier molecular flexibility index (Phi) is 6.61. The summed E-state index contributed by atoms with van der Waals surface area (Å²) in [6.07, 6.45) is 0. The summed E-state index contributed by atoms with van der Waals surface area (Å²) in [4.78, 5) is 13.4. The van der Waals surface area contributed by atoms with Crippen LogP contribution >= 0.6 is 11.6 Å². The molecular formula is C11H20ClNO2. The molecule has 0 saturated heterocycles. The molecule has 0 radical (unpaired) electrons. The lowest BCUT2D eigenvalue weighted by Crippen LogP contribution is -2.41. The molecule has 0 spiro atoms. The predicted molar refractivity (Wildman–Crippen MR) is 62.9 cm³/mol.